The summed E-state index contributed by atoms with van der Waals surface area (Å²) in [7, 11) is 1.61. The lowest BCUT2D eigenvalue weighted by Crippen LogP contribution is -2.44. The number of halogens is 1. The SMILES string of the molecule is COCCNC(=O)C(C)N[C@@H](C)c1ccc(Br)cc1. The summed E-state index contributed by atoms with van der Waals surface area (Å²) in [4.78, 5) is 11.8. The van der Waals surface area contributed by atoms with Crippen molar-refractivity contribution >= 4 is 21.8 Å². The van der Waals surface area contributed by atoms with Gasteiger partial charge < -0.3 is 10.1 Å². The van der Waals surface area contributed by atoms with Gasteiger partial charge in [-0.15, -0.1) is 0 Å². The molecule has 1 amide bonds. The number of nitrogens with one attached hydrogen (secondary N) is 2. The van der Waals surface area contributed by atoms with Crippen LogP contribution in [0.1, 0.15) is 25.5 Å². The van der Waals surface area contributed by atoms with Crippen LogP contribution in [0.15, 0.2) is 28.7 Å². The van der Waals surface area contributed by atoms with Crippen molar-refractivity contribution in [3.8, 4) is 0 Å². The number of carbonyl (C=O) groups excluding carboxylic acids is 1. The second-order valence-electron chi connectivity index (χ2n) is 4.45. The van der Waals surface area contributed by atoms with E-state index < -0.39 is 0 Å². The van der Waals surface area contributed by atoms with Gasteiger partial charge in [0.25, 0.3) is 0 Å². The molecule has 0 saturated heterocycles. The molecular formula is C14H21BrN2O2. The molecule has 2 N–H and O–H groups in total. The van der Waals surface area contributed by atoms with Crippen molar-refractivity contribution in [2.24, 2.45) is 0 Å². The predicted octanol–water partition coefficient (Wildman–Crippen LogP) is 2.25. The fraction of sp³-hybridized carbons (Fsp3) is 0.500. The Balaban J connectivity index is 2.44. The molecule has 0 aromatic heterocycles. The van der Waals surface area contributed by atoms with Gasteiger partial charge in [-0.2, -0.15) is 0 Å². The van der Waals surface area contributed by atoms with Gasteiger partial charge in [-0.25, -0.2) is 0 Å². The minimum Gasteiger partial charge on any atom is -0.383 e. The first-order valence-corrected chi connectivity index (χ1v) is 7.12. The van der Waals surface area contributed by atoms with Gasteiger partial charge in [0.15, 0.2) is 0 Å². The lowest BCUT2D eigenvalue weighted by atomic mass is 10.1. The van der Waals surface area contributed by atoms with E-state index in [1.54, 1.807) is 7.11 Å². The first-order chi connectivity index (χ1) is 9.04. The maximum absolute atomic E-state index is 11.8. The maximum atomic E-state index is 11.8. The number of ether oxygens (including phenoxy) is 1. The summed E-state index contributed by atoms with van der Waals surface area (Å²) in [6.07, 6.45) is 0. The van der Waals surface area contributed by atoms with E-state index >= 15 is 0 Å². The van der Waals surface area contributed by atoms with Gasteiger partial charge in [-0.1, -0.05) is 28.1 Å². The second-order valence-corrected chi connectivity index (χ2v) is 5.36. The Hall–Kier alpha value is -0.910. The highest BCUT2D eigenvalue weighted by Gasteiger charge is 2.15. The Bertz CT molecular complexity index is 395. The average molecular weight is 329 g/mol. The molecule has 106 valence electrons. The lowest BCUT2D eigenvalue weighted by Gasteiger charge is -2.20. The lowest BCUT2D eigenvalue weighted by molar-refractivity contribution is -0.123. The number of amides is 1. The standard InChI is InChI=1S/C14H21BrN2O2/c1-10(12-4-6-13(15)7-5-12)17-11(2)14(18)16-8-9-19-3/h4-7,10-11,17H,8-9H2,1-3H3,(H,16,18)/t10-,11?/m0/s1. The highest BCUT2D eigenvalue weighted by atomic mass is 79.9. The van der Waals surface area contributed by atoms with Gasteiger partial charge in [-0.3, -0.25) is 10.1 Å². The second kappa shape index (κ2) is 8.30. The van der Waals surface area contributed by atoms with E-state index in [1.165, 1.54) is 0 Å². The molecular weight excluding hydrogens is 308 g/mol. The fourth-order valence-electron chi connectivity index (χ4n) is 1.73. The Labute approximate surface area is 123 Å². The molecule has 0 aliphatic heterocycles. The van der Waals surface area contributed by atoms with Gasteiger partial charge in [0.05, 0.1) is 12.6 Å². The molecule has 2 atom stereocenters. The van der Waals surface area contributed by atoms with Gasteiger partial charge >= 0.3 is 0 Å². The van der Waals surface area contributed by atoms with Crippen molar-refractivity contribution in [3.05, 3.63) is 34.3 Å². The third kappa shape index (κ3) is 5.72. The molecule has 5 heteroatoms. The summed E-state index contributed by atoms with van der Waals surface area (Å²) in [5, 5.41) is 6.09. The molecule has 0 spiro atoms. The number of hydrogen-bond donors (Lipinski definition) is 2. The summed E-state index contributed by atoms with van der Waals surface area (Å²) in [5.74, 6) is -0.0130. The summed E-state index contributed by atoms with van der Waals surface area (Å²) in [5.41, 5.74) is 1.15. The van der Waals surface area contributed by atoms with E-state index in [2.05, 4.69) is 26.6 Å². The monoisotopic (exact) mass is 328 g/mol. The van der Waals surface area contributed by atoms with Crippen LogP contribution in [-0.2, 0) is 9.53 Å². The first kappa shape index (κ1) is 16.1. The van der Waals surface area contributed by atoms with Crippen LogP contribution in [0.2, 0.25) is 0 Å². The molecule has 4 nitrogen and oxygen atoms in total. The minimum absolute atomic E-state index is 0.0130. The van der Waals surface area contributed by atoms with Crippen molar-refractivity contribution in [2.75, 3.05) is 20.3 Å². The molecule has 0 saturated carbocycles. The van der Waals surface area contributed by atoms with Crippen LogP contribution in [0.3, 0.4) is 0 Å². The van der Waals surface area contributed by atoms with Crippen molar-refractivity contribution in [1.29, 1.82) is 0 Å². The van der Waals surface area contributed by atoms with E-state index in [0.717, 1.165) is 10.0 Å². The van der Waals surface area contributed by atoms with Crippen LogP contribution < -0.4 is 10.6 Å². The predicted molar refractivity (Wildman–Crippen MR) is 80.0 cm³/mol. The Morgan fingerprint density at radius 2 is 1.95 bits per heavy atom. The van der Waals surface area contributed by atoms with E-state index in [9.17, 15) is 4.79 Å². The topological polar surface area (TPSA) is 50.4 Å². The molecule has 0 radical (unpaired) electrons. The van der Waals surface area contributed by atoms with Crippen LogP contribution in [0, 0.1) is 0 Å². The van der Waals surface area contributed by atoms with E-state index in [-0.39, 0.29) is 18.0 Å². The first-order valence-electron chi connectivity index (χ1n) is 6.32. The third-order valence-corrected chi connectivity index (χ3v) is 3.40. The van der Waals surface area contributed by atoms with E-state index in [4.69, 9.17) is 4.74 Å². The summed E-state index contributed by atoms with van der Waals surface area (Å²) < 4.78 is 5.94. The van der Waals surface area contributed by atoms with Gasteiger partial charge in [0, 0.05) is 24.2 Å². The quantitative estimate of drug-likeness (QED) is 0.755. The molecule has 1 unspecified atom stereocenters. The molecule has 0 fully saturated rings. The Morgan fingerprint density at radius 1 is 1.32 bits per heavy atom. The maximum Gasteiger partial charge on any atom is 0.236 e. The summed E-state index contributed by atoms with van der Waals surface area (Å²) >= 11 is 3.41. The minimum atomic E-state index is -0.240. The molecule has 0 bridgehead atoms. The Kier molecular flexibility index (Phi) is 7.05. The van der Waals surface area contributed by atoms with Crippen molar-refractivity contribution in [2.45, 2.75) is 25.9 Å². The third-order valence-electron chi connectivity index (χ3n) is 2.87. The zero-order valence-electron chi connectivity index (χ0n) is 11.6. The average Bonchev–Trinajstić information content (AvgIpc) is 2.39. The highest BCUT2D eigenvalue weighted by molar-refractivity contribution is 9.10. The number of carbonyl (C=O) groups is 1. The largest absolute Gasteiger partial charge is 0.383 e. The summed E-state index contributed by atoms with van der Waals surface area (Å²) in [6.45, 7) is 4.97. The van der Waals surface area contributed by atoms with Crippen LogP contribution in [0.25, 0.3) is 0 Å². The van der Waals surface area contributed by atoms with Gasteiger partial charge in [0.2, 0.25) is 5.91 Å². The zero-order chi connectivity index (χ0) is 14.3. The number of methoxy groups -OCH3 is 1. The number of rotatable bonds is 7. The van der Waals surface area contributed by atoms with E-state index in [0.29, 0.717) is 13.2 Å². The molecule has 0 aliphatic carbocycles. The van der Waals surface area contributed by atoms with Crippen LogP contribution in [-0.4, -0.2) is 32.2 Å². The molecule has 0 heterocycles. The van der Waals surface area contributed by atoms with Crippen molar-refractivity contribution < 1.29 is 9.53 Å². The van der Waals surface area contributed by atoms with Gasteiger partial charge in [-0.05, 0) is 31.5 Å². The molecule has 1 aromatic rings. The molecule has 19 heavy (non-hydrogen) atoms. The van der Waals surface area contributed by atoms with Crippen LogP contribution >= 0.6 is 15.9 Å². The fourth-order valence-corrected chi connectivity index (χ4v) is 1.99. The van der Waals surface area contributed by atoms with Crippen LogP contribution in [0.4, 0.5) is 0 Å². The summed E-state index contributed by atoms with van der Waals surface area (Å²) in [6, 6.07) is 7.95. The van der Waals surface area contributed by atoms with Crippen molar-refractivity contribution in [1.82, 2.24) is 10.6 Å². The molecule has 1 rings (SSSR count). The number of benzene rings is 1. The van der Waals surface area contributed by atoms with Gasteiger partial charge in [0.1, 0.15) is 0 Å². The normalized spacial score (nSPS) is 13.9. The smallest absolute Gasteiger partial charge is 0.236 e. The van der Waals surface area contributed by atoms with Crippen LogP contribution in [0.5, 0.6) is 0 Å². The molecule has 0 aliphatic rings. The van der Waals surface area contributed by atoms with E-state index in [1.807, 2.05) is 38.1 Å². The highest BCUT2D eigenvalue weighted by Crippen LogP contribution is 2.16. The van der Waals surface area contributed by atoms with Crippen molar-refractivity contribution in [3.63, 3.8) is 0 Å². The number of hydrogen-bond acceptors (Lipinski definition) is 3. The zero-order valence-corrected chi connectivity index (χ0v) is 13.2. The Morgan fingerprint density at radius 3 is 2.53 bits per heavy atom. The molecule has 1 aromatic carbocycles.